The number of para-hydroxylation sites is 2. The molecule has 582 valence electrons. The van der Waals surface area contributed by atoms with Crippen molar-refractivity contribution in [3.05, 3.63) is 65.9 Å². The Labute approximate surface area is 606 Å². The Balaban J connectivity index is 1.88. The number of primary amides is 1. The first kappa shape index (κ1) is 86.7. The molecule has 2 heterocycles. The molecule has 1 saturated heterocycles. The predicted molar refractivity (Wildman–Crippen MR) is 363 cm³/mol. The summed E-state index contributed by atoms with van der Waals surface area (Å²) in [5.74, 6) is -30.0. The highest BCUT2D eigenvalue weighted by atomic mass is 16.5. The summed E-state index contributed by atoms with van der Waals surface area (Å²) in [6, 6.07) is -10.7. The summed E-state index contributed by atoms with van der Waals surface area (Å²) in [6.45, 7) is 0.0906. The molecule has 43 heteroatoms. The summed E-state index contributed by atoms with van der Waals surface area (Å²) in [5, 5.41) is 77.8. The Hall–Kier alpha value is -12.7. The SMILES string of the molecule is CC(=O)N[C@@H](Cc1c[nH]c2ccccc12)C(=O)N[C@H](CC(N)=O)C(=O)N[C@@H](CC(=O)O)C(=O)N[C@@H]1C(=O)NCC(=O)N[C@@H](CCCN)C(=O)N[C@@H](CC(=O)O)C(=O)N[C@H](C)C(=O)N[C@@H](CC(=O)O)C(=O)NCC(=O)N[C@H](CO)C(=O)N[C@@H]([C@H](C)CC(=O)O)C(=O)N[C@@H](CC(=O)c2ccccc2N)C(=O)O[C@@H]1C. The van der Waals surface area contributed by atoms with Crippen molar-refractivity contribution in [3.63, 3.8) is 0 Å². The van der Waals surface area contributed by atoms with Crippen molar-refractivity contribution in [3.8, 4) is 0 Å². The van der Waals surface area contributed by atoms with E-state index in [2.05, 4.69) is 52.8 Å². The number of cyclic esters (lactones) is 1. The molecule has 0 bridgehead atoms. The van der Waals surface area contributed by atoms with Crippen LogP contribution in [0.5, 0.6) is 0 Å². The number of aromatic amines is 1. The van der Waals surface area contributed by atoms with Gasteiger partial charge in [0.2, 0.25) is 82.7 Å². The molecule has 107 heavy (non-hydrogen) atoms. The number of amides is 14. The third-order valence-electron chi connectivity index (χ3n) is 15.9. The van der Waals surface area contributed by atoms with Crippen LogP contribution in [0.1, 0.15) is 95.0 Å². The van der Waals surface area contributed by atoms with Gasteiger partial charge in [0.15, 0.2) is 5.78 Å². The maximum Gasteiger partial charge on any atom is 0.329 e. The summed E-state index contributed by atoms with van der Waals surface area (Å²) in [5.41, 5.74) is 17.9. The second-order valence-corrected chi connectivity index (χ2v) is 24.5. The molecule has 3 aromatic rings. The van der Waals surface area contributed by atoms with Gasteiger partial charge in [-0.2, -0.15) is 0 Å². The Morgan fingerprint density at radius 1 is 0.570 bits per heavy atom. The topological polar surface area (TPSA) is 702 Å². The molecule has 25 N–H and O–H groups in total. The first-order valence-corrected chi connectivity index (χ1v) is 32.8. The number of H-pyrrole nitrogens is 1. The molecule has 4 rings (SSSR count). The molecule has 13 atom stereocenters. The number of esters is 1. The van der Waals surface area contributed by atoms with Crippen LogP contribution in [-0.2, 0) is 102 Å². The third kappa shape index (κ3) is 28.1. The molecular weight excluding hydrogens is 1420 g/mol. The van der Waals surface area contributed by atoms with Crippen LogP contribution < -0.4 is 86.3 Å². The number of carbonyl (C=O) groups excluding carboxylic acids is 16. The fourth-order valence-electron chi connectivity index (χ4n) is 10.5. The number of aliphatic carboxylic acids is 4. The number of hydrogen-bond acceptors (Lipinski definition) is 24. The van der Waals surface area contributed by atoms with Crippen LogP contribution in [0.3, 0.4) is 0 Å². The molecule has 14 amide bonds. The molecular formula is C64H85N17O26. The van der Waals surface area contributed by atoms with E-state index in [0.29, 0.717) is 16.5 Å². The van der Waals surface area contributed by atoms with Gasteiger partial charge in [-0.15, -0.1) is 0 Å². The highest BCUT2D eigenvalue weighted by molar-refractivity contribution is 6.05. The van der Waals surface area contributed by atoms with E-state index in [4.69, 9.17) is 21.9 Å². The number of ether oxygens (including phenoxy) is 1. The van der Waals surface area contributed by atoms with E-state index in [1.54, 1.807) is 24.3 Å². The normalized spacial score (nSPS) is 21.9. The van der Waals surface area contributed by atoms with Crippen molar-refractivity contribution >= 4 is 135 Å². The summed E-state index contributed by atoms with van der Waals surface area (Å²) in [7, 11) is 0. The van der Waals surface area contributed by atoms with Crippen LogP contribution in [-0.4, -0.2) is 248 Å². The molecule has 0 spiro atoms. The lowest BCUT2D eigenvalue weighted by molar-refractivity contribution is -0.156. The fourth-order valence-corrected chi connectivity index (χ4v) is 10.5. The van der Waals surface area contributed by atoms with Crippen LogP contribution in [0, 0.1) is 5.92 Å². The highest BCUT2D eigenvalue weighted by Gasteiger charge is 2.41. The number of aromatic nitrogens is 1. The molecule has 1 aliphatic heterocycles. The molecule has 0 radical (unpaired) electrons. The zero-order chi connectivity index (χ0) is 80.1. The number of Topliss-reactive ketones (excluding diaryl/α,β-unsaturated/α-hetero) is 1. The van der Waals surface area contributed by atoms with Crippen molar-refractivity contribution < 1.29 is 126 Å². The molecule has 1 fully saturated rings. The van der Waals surface area contributed by atoms with Gasteiger partial charge >= 0.3 is 29.8 Å². The zero-order valence-corrected chi connectivity index (χ0v) is 57.9. The van der Waals surface area contributed by atoms with Crippen molar-refractivity contribution in [2.24, 2.45) is 17.4 Å². The number of aliphatic hydroxyl groups excluding tert-OH is 1. The minimum Gasteiger partial charge on any atom is -0.481 e. The summed E-state index contributed by atoms with van der Waals surface area (Å²) >= 11 is 0. The maximum absolute atomic E-state index is 14.7. The summed E-state index contributed by atoms with van der Waals surface area (Å²) in [4.78, 5) is 273. The van der Waals surface area contributed by atoms with Crippen LogP contribution in [0.25, 0.3) is 10.9 Å². The minimum atomic E-state index is -2.45. The number of carboxylic acids is 4. The standard InChI is InChI=1S/C64H85N17O26/c1-27(16-48(88)89)52-63(105)79-42(18-44(84)33-11-5-7-12-34(33)66)64(106)107-29(3)53(81-60(102)41(22-51(94)95)78-59(101)38(19-45(67)85)76-58(100)37(72-30(4)83)17-31-23-68-35-13-8-6-10-32(31)35)62(104)70-25-46(86)73-36(14-9-15-65)56(98)77-40(21-50(92)93)57(99)71-28(2)54(96)75-39(20-49(90)91)55(97)69-24-47(87)74-43(26-82)61(103)80-52/h5-8,10-13,23,27-29,36-43,52-53,68,82H,9,14-22,24-26,65-66H2,1-4H3,(H2,67,85)(H,69,97)(H,70,104)(H,71,99)(H,72,83)(H,73,86)(H,74,87)(H,75,96)(H,76,100)(H,77,98)(H,78,101)(H,79,105)(H,80,103)(H,81,102)(H,88,89)(H,90,91)(H,92,93)(H,94,95)/t27-,28-,29-,36+,37+,38-,39+,40+,41+,42+,43-,52+,53+/m1/s1. The number of ketones is 1. The number of nitrogens with one attached hydrogen (secondary N) is 14. The smallest absolute Gasteiger partial charge is 0.329 e. The number of hydrogen-bond donors (Lipinski definition) is 22. The molecule has 1 aliphatic rings. The lowest BCUT2D eigenvalue weighted by Crippen LogP contribution is -2.62. The van der Waals surface area contributed by atoms with Gasteiger partial charge in [0, 0.05) is 48.1 Å². The predicted octanol–water partition coefficient (Wildman–Crippen LogP) is -8.74. The average Bonchev–Trinajstić information content (AvgIpc) is 1.44. The Morgan fingerprint density at radius 2 is 1.10 bits per heavy atom. The van der Waals surface area contributed by atoms with Crippen LogP contribution >= 0.6 is 0 Å². The number of benzene rings is 2. The van der Waals surface area contributed by atoms with Crippen LogP contribution in [0.4, 0.5) is 5.69 Å². The van der Waals surface area contributed by atoms with Crippen molar-refractivity contribution in [1.29, 1.82) is 0 Å². The number of carboxylic acid groups (broad SMARTS) is 4. The molecule has 0 unspecified atom stereocenters. The Morgan fingerprint density at radius 3 is 1.68 bits per heavy atom. The number of nitrogens with two attached hydrogens (primary N) is 3. The lowest BCUT2D eigenvalue weighted by Gasteiger charge is -2.30. The zero-order valence-electron chi connectivity index (χ0n) is 57.9. The van der Waals surface area contributed by atoms with Gasteiger partial charge in [-0.25, -0.2) is 4.79 Å². The van der Waals surface area contributed by atoms with E-state index in [1.165, 1.54) is 30.5 Å². The number of carbonyl (C=O) groups is 20. The van der Waals surface area contributed by atoms with Gasteiger partial charge in [-0.1, -0.05) is 37.3 Å². The monoisotopic (exact) mass is 1510 g/mol. The number of nitrogen functional groups attached to an aromatic ring is 1. The van der Waals surface area contributed by atoms with Crippen molar-refractivity contribution in [2.75, 3.05) is 32.0 Å². The largest absolute Gasteiger partial charge is 0.481 e. The van der Waals surface area contributed by atoms with Gasteiger partial charge in [-0.05, 0) is 62.9 Å². The Bertz CT molecular complexity index is 3880. The van der Waals surface area contributed by atoms with E-state index in [-0.39, 0.29) is 30.6 Å². The molecule has 43 nitrogen and oxygen atoms in total. The van der Waals surface area contributed by atoms with Crippen LogP contribution in [0.15, 0.2) is 54.7 Å². The number of rotatable bonds is 27. The quantitative estimate of drug-likeness (QED) is 0.0191. The average molecular weight is 1510 g/mol. The highest BCUT2D eigenvalue weighted by Crippen LogP contribution is 2.21. The lowest BCUT2D eigenvalue weighted by atomic mass is 9.96. The Kier molecular flexibility index (Phi) is 33.7. The molecule has 2 aromatic carbocycles. The van der Waals surface area contributed by atoms with E-state index < -0.39 is 261 Å². The summed E-state index contributed by atoms with van der Waals surface area (Å²) in [6.07, 6.45) is -8.36. The van der Waals surface area contributed by atoms with Gasteiger partial charge in [0.1, 0.15) is 72.6 Å². The minimum absolute atomic E-state index is 0.0941. The molecule has 1 aromatic heterocycles. The molecule has 0 aliphatic carbocycles. The van der Waals surface area contributed by atoms with E-state index >= 15 is 0 Å². The maximum atomic E-state index is 14.7. The van der Waals surface area contributed by atoms with E-state index in [1.807, 2.05) is 21.3 Å². The number of anilines is 1. The van der Waals surface area contributed by atoms with Gasteiger partial charge in [0.05, 0.1) is 51.8 Å². The van der Waals surface area contributed by atoms with Crippen LogP contribution in [0.2, 0.25) is 0 Å². The van der Waals surface area contributed by atoms with Gasteiger partial charge < -0.3 is 122 Å². The number of aliphatic hydroxyl groups is 1. The molecule has 0 saturated carbocycles. The fraction of sp³-hybridized carbons (Fsp3) is 0.469. The third-order valence-corrected chi connectivity index (χ3v) is 15.9. The first-order valence-electron chi connectivity index (χ1n) is 32.8. The second kappa shape index (κ2) is 41.6. The second-order valence-electron chi connectivity index (χ2n) is 24.5. The van der Waals surface area contributed by atoms with Crippen molar-refractivity contribution in [2.45, 2.75) is 158 Å². The van der Waals surface area contributed by atoms with E-state index in [0.717, 1.165) is 27.7 Å². The van der Waals surface area contributed by atoms with Crippen molar-refractivity contribution in [1.82, 2.24) is 74.1 Å². The van der Waals surface area contributed by atoms with Gasteiger partial charge in [-0.3, -0.25) is 91.1 Å². The summed E-state index contributed by atoms with van der Waals surface area (Å²) < 4.78 is 5.64. The van der Waals surface area contributed by atoms with E-state index in [9.17, 15) is 121 Å². The van der Waals surface area contributed by atoms with Gasteiger partial charge in [0.25, 0.3) is 0 Å². The first-order chi connectivity index (χ1) is 50.3. The number of fused-ring (bicyclic) bond motifs is 1.